The highest BCUT2D eigenvalue weighted by Gasteiger charge is 2.23. The smallest absolute Gasteiger partial charge is 0.163 e. The zero-order valence-electron chi connectivity index (χ0n) is 12.7. The zero-order chi connectivity index (χ0) is 15.7. The standard InChI is InChI=1S/C16H18F2N4/c1-21(2)16-12-9-22(7-6-14(12)19-10-20-16)8-11-4-3-5-13(17)15(11)18/h3-5,10H,6-9H2,1-2H3. The van der Waals surface area contributed by atoms with Gasteiger partial charge >= 0.3 is 0 Å². The Kier molecular flexibility index (Phi) is 4.02. The lowest BCUT2D eigenvalue weighted by Gasteiger charge is -2.30. The van der Waals surface area contributed by atoms with Crippen LogP contribution in [0, 0.1) is 11.6 Å². The maximum Gasteiger partial charge on any atom is 0.163 e. The van der Waals surface area contributed by atoms with Gasteiger partial charge in [-0.1, -0.05) is 12.1 Å². The van der Waals surface area contributed by atoms with Crippen molar-refractivity contribution < 1.29 is 8.78 Å². The molecule has 1 aliphatic rings. The second kappa shape index (κ2) is 5.96. The number of hydrogen-bond donors (Lipinski definition) is 0. The number of hydrogen-bond acceptors (Lipinski definition) is 4. The van der Waals surface area contributed by atoms with Gasteiger partial charge in [-0.3, -0.25) is 4.90 Å². The molecule has 0 amide bonds. The van der Waals surface area contributed by atoms with Crippen LogP contribution in [0.3, 0.4) is 0 Å². The second-order valence-electron chi connectivity index (χ2n) is 5.69. The summed E-state index contributed by atoms with van der Waals surface area (Å²) < 4.78 is 27.1. The van der Waals surface area contributed by atoms with Crippen LogP contribution in [0.15, 0.2) is 24.5 Å². The molecule has 1 aromatic carbocycles. The highest BCUT2D eigenvalue weighted by Crippen LogP contribution is 2.26. The predicted octanol–water partition coefficient (Wildman–Crippen LogP) is 2.38. The Labute approximate surface area is 128 Å². The molecule has 6 heteroatoms. The predicted molar refractivity (Wildman–Crippen MR) is 80.5 cm³/mol. The van der Waals surface area contributed by atoms with Crippen LogP contribution in [0.4, 0.5) is 14.6 Å². The van der Waals surface area contributed by atoms with Crippen molar-refractivity contribution in [3.05, 3.63) is 53.0 Å². The van der Waals surface area contributed by atoms with Crippen molar-refractivity contribution in [2.24, 2.45) is 0 Å². The van der Waals surface area contributed by atoms with Crippen molar-refractivity contribution in [3.8, 4) is 0 Å². The van der Waals surface area contributed by atoms with Gasteiger partial charge in [0.2, 0.25) is 0 Å². The molecule has 0 bridgehead atoms. The van der Waals surface area contributed by atoms with E-state index in [-0.39, 0.29) is 0 Å². The van der Waals surface area contributed by atoms with Gasteiger partial charge in [0.25, 0.3) is 0 Å². The lowest BCUT2D eigenvalue weighted by Crippen LogP contribution is -2.32. The fourth-order valence-corrected chi connectivity index (χ4v) is 2.81. The minimum atomic E-state index is -0.799. The number of benzene rings is 1. The Morgan fingerprint density at radius 2 is 2.05 bits per heavy atom. The van der Waals surface area contributed by atoms with Crippen LogP contribution < -0.4 is 4.90 Å². The molecule has 3 rings (SSSR count). The fourth-order valence-electron chi connectivity index (χ4n) is 2.81. The molecule has 0 atom stereocenters. The molecule has 2 aromatic rings. The summed E-state index contributed by atoms with van der Waals surface area (Å²) in [6.45, 7) is 1.79. The normalized spacial score (nSPS) is 14.7. The van der Waals surface area contributed by atoms with Gasteiger partial charge in [0.1, 0.15) is 12.1 Å². The van der Waals surface area contributed by atoms with Crippen molar-refractivity contribution in [1.82, 2.24) is 14.9 Å². The monoisotopic (exact) mass is 304 g/mol. The number of rotatable bonds is 3. The van der Waals surface area contributed by atoms with Crippen LogP contribution in [0.5, 0.6) is 0 Å². The summed E-state index contributed by atoms with van der Waals surface area (Å²) in [6.07, 6.45) is 2.37. The highest BCUT2D eigenvalue weighted by molar-refractivity contribution is 5.48. The van der Waals surface area contributed by atoms with Crippen LogP contribution >= 0.6 is 0 Å². The molecule has 0 aliphatic carbocycles. The van der Waals surface area contributed by atoms with Crippen LogP contribution in [0.1, 0.15) is 16.8 Å². The van der Waals surface area contributed by atoms with Gasteiger partial charge in [-0.2, -0.15) is 0 Å². The molecule has 4 nitrogen and oxygen atoms in total. The summed E-state index contributed by atoms with van der Waals surface area (Å²) >= 11 is 0. The first-order valence-corrected chi connectivity index (χ1v) is 7.21. The summed E-state index contributed by atoms with van der Waals surface area (Å²) in [4.78, 5) is 12.7. The lowest BCUT2D eigenvalue weighted by atomic mass is 10.0. The fraction of sp³-hybridized carbons (Fsp3) is 0.375. The van der Waals surface area contributed by atoms with Crippen LogP contribution in [-0.4, -0.2) is 35.5 Å². The van der Waals surface area contributed by atoms with E-state index < -0.39 is 11.6 Å². The maximum atomic E-state index is 13.8. The minimum absolute atomic E-state index is 0.380. The van der Waals surface area contributed by atoms with Gasteiger partial charge in [0.05, 0.1) is 5.69 Å². The summed E-state index contributed by atoms with van der Waals surface area (Å²) in [7, 11) is 3.88. The third-order valence-corrected chi connectivity index (χ3v) is 3.91. The average Bonchev–Trinajstić information content (AvgIpc) is 2.51. The van der Waals surface area contributed by atoms with E-state index in [1.54, 1.807) is 18.5 Å². The molecule has 1 aliphatic heterocycles. The summed E-state index contributed by atoms with van der Waals surface area (Å²) in [5.74, 6) is -0.674. The van der Waals surface area contributed by atoms with Crippen LogP contribution in [-0.2, 0) is 19.5 Å². The Hall–Kier alpha value is -2.08. The van der Waals surface area contributed by atoms with Crippen molar-refractivity contribution in [3.63, 3.8) is 0 Å². The molecule has 116 valence electrons. The minimum Gasteiger partial charge on any atom is -0.362 e. The topological polar surface area (TPSA) is 32.3 Å². The summed E-state index contributed by atoms with van der Waals surface area (Å²) in [5, 5.41) is 0. The first-order chi connectivity index (χ1) is 10.6. The molecule has 2 heterocycles. The van der Waals surface area contributed by atoms with Crippen molar-refractivity contribution >= 4 is 5.82 Å². The second-order valence-corrected chi connectivity index (χ2v) is 5.69. The van der Waals surface area contributed by atoms with E-state index in [9.17, 15) is 8.78 Å². The first kappa shape index (κ1) is 14.8. The van der Waals surface area contributed by atoms with Crippen molar-refractivity contribution in [1.29, 1.82) is 0 Å². The van der Waals surface area contributed by atoms with E-state index in [1.165, 1.54) is 0 Å². The molecule has 0 saturated heterocycles. The van der Waals surface area contributed by atoms with Gasteiger partial charge in [-0.15, -0.1) is 0 Å². The first-order valence-electron chi connectivity index (χ1n) is 7.21. The van der Waals surface area contributed by atoms with Crippen LogP contribution in [0.2, 0.25) is 0 Å². The summed E-state index contributed by atoms with van der Waals surface area (Å²) in [6, 6.07) is 4.31. The van der Waals surface area contributed by atoms with Crippen LogP contribution in [0.25, 0.3) is 0 Å². The zero-order valence-corrected chi connectivity index (χ0v) is 12.7. The van der Waals surface area contributed by atoms with E-state index in [0.29, 0.717) is 18.7 Å². The van der Waals surface area contributed by atoms with Gasteiger partial charge in [-0.25, -0.2) is 18.7 Å². The van der Waals surface area contributed by atoms with E-state index in [0.717, 1.165) is 36.1 Å². The molecule has 0 fully saturated rings. The Morgan fingerprint density at radius 3 is 2.82 bits per heavy atom. The molecule has 0 spiro atoms. The quantitative estimate of drug-likeness (QED) is 0.871. The SMILES string of the molecule is CN(C)c1ncnc2c1CN(Cc1cccc(F)c1F)CC2. The Morgan fingerprint density at radius 1 is 1.23 bits per heavy atom. The Bertz CT molecular complexity index is 688. The van der Waals surface area contributed by atoms with E-state index >= 15 is 0 Å². The van der Waals surface area contributed by atoms with Gasteiger partial charge < -0.3 is 4.90 Å². The molecule has 1 aromatic heterocycles. The number of halogens is 2. The van der Waals surface area contributed by atoms with Crippen molar-refractivity contribution in [2.75, 3.05) is 25.5 Å². The molecule has 0 radical (unpaired) electrons. The van der Waals surface area contributed by atoms with Crippen molar-refractivity contribution in [2.45, 2.75) is 19.5 Å². The number of nitrogens with zero attached hydrogens (tertiary/aromatic N) is 4. The van der Waals surface area contributed by atoms with E-state index in [1.807, 2.05) is 19.0 Å². The Balaban J connectivity index is 1.84. The number of anilines is 1. The van der Waals surface area contributed by atoms with Gasteiger partial charge in [0.15, 0.2) is 11.6 Å². The molecule has 0 N–H and O–H groups in total. The third kappa shape index (κ3) is 2.78. The van der Waals surface area contributed by atoms with Gasteiger partial charge in [0, 0.05) is 51.3 Å². The molecule has 22 heavy (non-hydrogen) atoms. The highest BCUT2D eigenvalue weighted by atomic mass is 19.2. The van der Waals surface area contributed by atoms with E-state index in [4.69, 9.17) is 0 Å². The molecule has 0 unspecified atom stereocenters. The molecular formula is C16H18F2N4. The molecule has 0 saturated carbocycles. The third-order valence-electron chi connectivity index (χ3n) is 3.91. The molecular weight excluding hydrogens is 286 g/mol. The average molecular weight is 304 g/mol. The van der Waals surface area contributed by atoms with Gasteiger partial charge in [-0.05, 0) is 6.07 Å². The number of fused-ring (bicyclic) bond motifs is 1. The van der Waals surface area contributed by atoms with E-state index in [2.05, 4.69) is 14.9 Å². The summed E-state index contributed by atoms with van der Waals surface area (Å²) in [5.41, 5.74) is 2.48. The maximum absolute atomic E-state index is 13.8. The number of aromatic nitrogens is 2. The largest absolute Gasteiger partial charge is 0.362 e. The lowest BCUT2D eigenvalue weighted by molar-refractivity contribution is 0.239.